The molecule has 2 atom stereocenters. The maximum absolute atomic E-state index is 14.6. The topological polar surface area (TPSA) is 18.5 Å². The standard InChI is InChI=1S/C21H29FO2/c1-4-6-7-8-17-9-10-18(21(22)16(17)3)11-12-19-13-14-20(15-24-19)23-5-2/h4,6,9-12,19-20H,5,7-8,13-15H2,1-3H3/b6-4+,12-11+. The van der Waals surface area contributed by atoms with Crippen LogP contribution in [0.15, 0.2) is 30.4 Å². The minimum Gasteiger partial charge on any atom is -0.376 e. The van der Waals surface area contributed by atoms with Crippen LogP contribution in [0.3, 0.4) is 0 Å². The monoisotopic (exact) mass is 332 g/mol. The van der Waals surface area contributed by atoms with E-state index in [0.717, 1.165) is 43.4 Å². The molecule has 0 radical (unpaired) electrons. The molecule has 0 spiro atoms. The number of benzene rings is 1. The fourth-order valence-electron chi connectivity index (χ4n) is 3.03. The lowest BCUT2D eigenvalue weighted by atomic mass is 9.99. The lowest BCUT2D eigenvalue weighted by Gasteiger charge is -2.27. The summed E-state index contributed by atoms with van der Waals surface area (Å²) in [5.41, 5.74) is 2.47. The van der Waals surface area contributed by atoms with Gasteiger partial charge < -0.3 is 9.47 Å². The van der Waals surface area contributed by atoms with Gasteiger partial charge in [0.25, 0.3) is 0 Å². The van der Waals surface area contributed by atoms with E-state index in [2.05, 4.69) is 6.08 Å². The van der Waals surface area contributed by atoms with Crippen LogP contribution in [0.1, 0.15) is 49.8 Å². The van der Waals surface area contributed by atoms with Gasteiger partial charge in [-0.2, -0.15) is 0 Å². The van der Waals surface area contributed by atoms with Crippen molar-refractivity contribution in [1.82, 2.24) is 0 Å². The van der Waals surface area contributed by atoms with Crippen molar-refractivity contribution in [3.8, 4) is 0 Å². The number of aryl methyl sites for hydroxylation is 1. The first kappa shape index (κ1) is 18.9. The van der Waals surface area contributed by atoms with Gasteiger partial charge in [-0.25, -0.2) is 4.39 Å². The van der Waals surface area contributed by atoms with Crippen molar-refractivity contribution in [1.29, 1.82) is 0 Å². The summed E-state index contributed by atoms with van der Waals surface area (Å²) in [5.74, 6) is -0.118. The Labute approximate surface area is 145 Å². The third-order valence-electron chi connectivity index (χ3n) is 4.51. The van der Waals surface area contributed by atoms with E-state index in [1.165, 1.54) is 0 Å². The summed E-state index contributed by atoms with van der Waals surface area (Å²) in [5, 5.41) is 0. The number of ether oxygens (including phenoxy) is 2. The molecule has 24 heavy (non-hydrogen) atoms. The molecule has 0 aromatic heterocycles. The first-order chi connectivity index (χ1) is 11.7. The molecule has 0 saturated carbocycles. The predicted molar refractivity (Wildman–Crippen MR) is 97.7 cm³/mol. The summed E-state index contributed by atoms with van der Waals surface area (Å²) in [6.07, 6.45) is 12.0. The Morgan fingerprint density at radius 2 is 2.17 bits per heavy atom. The Kier molecular flexibility index (Phi) is 7.67. The molecule has 2 rings (SSSR count). The Morgan fingerprint density at radius 1 is 1.33 bits per heavy atom. The van der Waals surface area contributed by atoms with E-state index in [4.69, 9.17) is 9.47 Å². The molecule has 0 bridgehead atoms. The number of hydrogen-bond donors (Lipinski definition) is 0. The summed E-state index contributed by atoms with van der Waals surface area (Å²) in [6.45, 7) is 7.21. The van der Waals surface area contributed by atoms with Gasteiger partial charge in [-0.3, -0.25) is 0 Å². The summed E-state index contributed by atoms with van der Waals surface area (Å²) in [4.78, 5) is 0. The van der Waals surface area contributed by atoms with Crippen LogP contribution in [0.2, 0.25) is 0 Å². The quantitative estimate of drug-likeness (QED) is 0.636. The molecule has 1 aromatic carbocycles. The van der Waals surface area contributed by atoms with E-state index in [0.29, 0.717) is 12.2 Å². The number of rotatable bonds is 7. The van der Waals surface area contributed by atoms with Gasteiger partial charge in [-0.05, 0) is 57.6 Å². The van der Waals surface area contributed by atoms with Crippen LogP contribution in [0.25, 0.3) is 6.08 Å². The fourth-order valence-corrected chi connectivity index (χ4v) is 3.03. The van der Waals surface area contributed by atoms with Crippen LogP contribution >= 0.6 is 0 Å². The van der Waals surface area contributed by atoms with Crippen LogP contribution in [-0.2, 0) is 15.9 Å². The van der Waals surface area contributed by atoms with Crippen molar-refractivity contribution in [2.75, 3.05) is 13.2 Å². The van der Waals surface area contributed by atoms with Crippen molar-refractivity contribution in [2.45, 2.75) is 58.7 Å². The first-order valence-corrected chi connectivity index (χ1v) is 8.96. The molecular weight excluding hydrogens is 303 g/mol. The average molecular weight is 332 g/mol. The fraction of sp³-hybridized carbons (Fsp3) is 0.524. The maximum Gasteiger partial charge on any atom is 0.133 e. The number of allylic oxidation sites excluding steroid dienone is 2. The van der Waals surface area contributed by atoms with Crippen LogP contribution in [0.4, 0.5) is 4.39 Å². The Hall–Kier alpha value is -1.45. The molecule has 1 aliphatic heterocycles. The van der Waals surface area contributed by atoms with Gasteiger partial charge >= 0.3 is 0 Å². The van der Waals surface area contributed by atoms with E-state index in [1.807, 2.05) is 51.1 Å². The van der Waals surface area contributed by atoms with Crippen molar-refractivity contribution >= 4 is 6.08 Å². The SMILES string of the molecule is C/C=C/CCc1ccc(/C=C/C2CCC(OCC)CO2)c(F)c1C. The zero-order valence-electron chi connectivity index (χ0n) is 15.1. The molecule has 132 valence electrons. The van der Waals surface area contributed by atoms with E-state index in [1.54, 1.807) is 0 Å². The van der Waals surface area contributed by atoms with Crippen LogP contribution < -0.4 is 0 Å². The lowest BCUT2D eigenvalue weighted by Crippen LogP contribution is -2.30. The molecular formula is C21H29FO2. The summed E-state index contributed by atoms with van der Waals surface area (Å²) in [7, 11) is 0. The molecule has 0 N–H and O–H groups in total. The van der Waals surface area contributed by atoms with E-state index in [-0.39, 0.29) is 18.0 Å². The van der Waals surface area contributed by atoms with Crippen molar-refractivity contribution in [3.05, 3.63) is 52.9 Å². The van der Waals surface area contributed by atoms with Crippen LogP contribution in [0.5, 0.6) is 0 Å². The Bertz CT molecular complexity index is 569. The summed E-state index contributed by atoms with van der Waals surface area (Å²) >= 11 is 0. The Morgan fingerprint density at radius 3 is 2.83 bits per heavy atom. The molecule has 3 heteroatoms. The van der Waals surface area contributed by atoms with E-state index in [9.17, 15) is 4.39 Å². The molecule has 0 amide bonds. The third-order valence-corrected chi connectivity index (χ3v) is 4.51. The van der Waals surface area contributed by atoms with Gasteiger partial charge in [-0.15, -0.1) is 0 Å². The second-order valence-electron chi connectivity index (χ2n) is 6.25. The van der Waals surface area contributed by atoms with Gasteiger partial charge in [0, 0.05) is 12.2 Å². The van der Waals surface area contributed by atoms with Gasteiger partial charge in [-0.1, -0.05) is 36.4 Å². The van der Waals surface area contributed by atoms with Gasteiger partial charge in [0.15, 0.2) is 0 Å². The summed E-state index contributed by atoms with van der Waals surface area (Å²) in [6, 6.07) is 3.91. The zero-order chi connectivity index (χ0) is 17.4. The third kappa shape index (κ3) is 5.29. The van der Waals surface area contributed by atoms with Crippen LogP contribution in [0, 0.1) is 12.7 Å². The molecule has 1 fully saturated rings. The van der Waals surface area contributed by atoms with E-state index < -0.39 is 0 Å². The lowest BCUT2D eigenvalue weighted by molar-refractivity contribution is -0.0676. The molecule has 2 nitrogen and oxygen atoms in total. The molecule has 0 aliphatic carbocycles. The number of hydrogen-bond acceptors (Lipinski definition) is 2. The van der Waals surface area contributed by atoms with Crippen molar-refractivity contribution < 1.29 is 13.9 Å². The smallest absolute Gasteiger partial charge is 0.133 e. The highest BCUT2D eigenvalue weighted by Crippen LogP contribution is 2.22. The van der Waals surface area contributed by atoms with Crippen molar-refractivity contribution in [3.63, 3.8) is 0 Å². The van der Waals surface area contributed by atoms with Gasteiger partial charge in [0.2, 0.25) is 0 Å². The minimum absolute atomic E-state index is 0.0516. The second kappa shape index (κ2) is 9.75. The molecule has 1 aliphatic rings. The van der Waals surface area contributed by atoms with Crippen LogP contribution in [-0.4, -0.2) is 25.4 Å². The summed E-state index contributed by atoms with van der Waals surface area (Å²) < 4.78 is 25.9. The predicted octanol–water partition coefficient (Wildman–Crippen LogP) is 5.24. The van der Waals surface area contributed by atoms with Gasteiger partial charge in [0.05, 0.1) is 18.8 Å². The normalized spacial score (nSPS) is 21.8. The maximum atomic E-state index is 14.6. The van der Waals surface area contributed by atoms with E-state index >= 15 is 0 Å². The van der Waals surface area contributed by atoms with Gasteiger partial charge in [0.1, 0.15) is 5.82 Å². The first-order valence-electron chi connectivity index (χ1n) is 8.96. The largest absolute Gasteiger partial charge is 0.376 e. The molecule has 2 unspecified atom stereocenters. The Balaban J connectivity index is 1.96. The highest BCUT2D eigenvalue weighted by atomic mass is 19.1. The highest BCUT2D eigenvalue weighted by molar-refractivity contribution is 5.53. The zero-order valence-corrected chi connectivity index (χ0v) is 15.1. The minimum atomic E-state index is -0.118. The highest BCUT2D eigenvalue weighted by Gasteiger charge is 2.20. The number of halogens is 1. The molecule has 1 saturated heterocycles. The molecule has 1 heterocycles. The average Bonchev–Trinajstić information content (AvgIpc) is 2.60. The second-order valence-corrected chi connectivity index (χ2v) is 6.25. The molecule has 1 aromatic rings. The van der Waals surface area contributed by atoms with Crippen molar-refractivity contribution in [2.24, 2.45) is 0 Å².